The van der Waals surface area contributed by atoms with Crippen molar-refractivity contribution >= 4 is 32.5 Å². The van der Waals surface area contributed by atoms with Crippen LogP contribution in [0.25, 0.3) is 10.9 Å². The number of nitrogens with zero attached hydrogens (tertiary/aromatic N) is 2. The molecule has 0 aliphatic rings. The van der Waals surface area contributed by atoms with Gasteiger partial charge in [0.1, 0.15) is 5.75 Å². The molecule has 1 aromatic heterocycles. The predicted octanol–water partition coefficient (Wildman–Crippen LogP) is 3.64. The second-order valence-corrected chi connectivity index (χ2v) is 8.60. The van der Waals surface area contributed by atoms with E-state index in [1.54, 1.807) is 37.6 Å². The van der Waals surface area contributed by atoms with Crippen molar-refractivity contribution in [2.45, 2.75) is 11.3 Å². The number of likely N-dealkylation sites (N-methyl/N-ethyl adjacent to an activating group) is 1. The summed E-state index contributed by atoms with van der Waals surface area (Å²) < 4.78 is 32.9. The quantitative estimate of drug-likeness (QED) is 0.642. The molecule has 0 amide bonds. The molecule has 0 spiro atoms. The van der Waals surface area contributed by atoms with Crippen molar-refractivity contribution in [2.24, 2.45) is 0 Å². The number of benzene rings is 2. The van der Waals surface area contributed by atoms with Gasteiger partial charge in [-0.15, -0.1) is 0 Å². The molecule has 0 bridgehead atoms. The molecule has 5 nitrogen and oxygen atoms in total. The number of hydrogen-bond donors (Lipinski definition) is 0. The average molecular weight is 393 g/mol. The van der Waals surface area contributed by atoms with Crippen molar-refractivity contribution in [3.05, 3.63) is 59.2 Å². The molecule has 2 aromatic carbocycles. The molecular formula is C19H21ClN2O3S. The number of hydrogen-bond acceptors (Lipinski definition) is 4. The fourth-order valence-electron chi connectivity index (χ4n) is 2.83. The van der Waals surface area contributed by atoms with Crippen molar-refractivity contribution in [3.63, 3.8) is 0 Å². The van der Waals surface area contributed by atoms with Gasteiger partial charge in [-0.2, -0.15) is 0 Å². The standard InChI is InChI=1S/C19H21ClN2O3S/c1-21(2)11-10-14-13-22(19-9-6-16(25-3)12-18(14)19)26(23,24)17-7-4-15(20)5-8-17/h4-9,12-13H,10-11H2,1-3H3. The van der Waals surface area contributed by atoms with Crippen molar-refractivity contribution < 1.29 is 13.2 Å². The van der Waals surface area contributed by atoms with Crippen LogP contribution in [0.1, 0.15) is 5.56 Å². The van der Waals surface area contributed by atoms with Gasteiger partial charge < -0.3 is 9.64 Å². The Balaban J connectivity index is 2.17. The summed E-state index contributed by atoms with van der Waals surface area (Å²) in [6, 6.07) is 11.6. The van der Waals surface area contributed by atoms with Crippen LogP contribution in [0.2, 0.25) is 5.02 Å². The highest BCUT2D eigenvalue weighted by Gasteiger charge is 2.21. The normalized spacial score (nSPS) is 12.0. The van der Waals surface area contributed by atoms with Crippen LogP contribution in [-0.4, -0.2) is 45.0 Å². The Hall–Kier alpha value is -2.02. The van der Waals surface area contributed by atoms with E-state index in [1.807, 2.05) is 20.2 Å². The van der Waals surface area contributed by atoms with Gasteiger partial charge in [-0.1, -0.05) is 11.6 Å². The van der Waals surface area contributed by atoms with E-state index >= 15 is 0 Å². The summed E-state index contributed by atoms with van der Waals surface area (Å²) in [6.45, 7) is 0.817. The molecule has 0 saturated carbocycles. The van der Waals surface area contributed by atoms with Crippen molar-refractivity contribution in [3.8, 4) is 5.75 Å². The Morgan fingerprint density at radius 3 is 2.42 bits per heavy atom. The first-order chi connectivity index (χ1) is 12.3. The number of fused-ring (bicyclic) bond motifs is 1. The van der Waals surface area contributed by atoms with E-state index in [0.717, 1.165) is 23.9 Å². The molecule has 1 heterocycles. The van der Waals surface area contributed by atoms with E-state index in [1.165, 1.54) is 16.1 Å². The fourth-order valence-corrected chi connectivity index (χ4v) is 4.35. The lowest BCUT2D eigenvalue weighted by molar-refractivity contribution is 0.413. The van der Waals surface area contributed by atoms with Crippen molar-refractivity contribution in [1.29, 1.82) is 0 Å². The van der Waals surface area contributed by atoms with E-state index in [9.17, 15) is 8.42 Å². The van der Waals surface area contributed by atoms with E-state index in [2.05, 4.69) is 4.90 Å². The van der Waals surface area contributed by atoms with E-state index in [4.69, 9.17) is 16.3 Å². The highest BCUT2D eigenvalue weighted by atomic mass is 35.5. The van der Waals surface area contributed by atoms with Gasteiger partial charge in [0.05, 0.1) is 17.5 Å². The maximum Gasteiger partial charge on any atom is 0.268 e. The monoisotopic (exact) mass is 392 g/mol. The number of rotatable bonds is 6. The zero-order valence-electron chi connectivity index (χ0n) is 14.9. The van der Waals surface area contributed by atoms with Crippen LogP contribution in [0.4, 0.5) is 0 Å². The molecule has 3 rings (SSSR count). The van der Waals surface area contributed by atoms with Gasteiger partial charge >= 0.3 is 0 Å². The Bertz CT molecular complexity index is 1020. The molecule has 0 unspecified atom stereocenters. The summed E-state index contributed by atoms with van der Waals surface area (Å²) in [4.78, 5) is 2.27. The van der Waals surface area contributed by atoms with E-state index in [0.29, 0.717) is 16.3 Å². The maximum atomic E-state index is 13.1. The maximum absolute atomic E-state index is 13.1. The highest BCUT2D eigenvalue weighted by molar-refractivity contribution is 7.90. The topological polar surface area (TPSA) is 51.5 Å². The summed E-state index contributed by atoms with van der Waals surface area (Å²) in [6.07, 6.45) is 2.44. The Morgan fingerprint density at radius 1 is 1.12 bits per heavy atom. The van der Waals surface area contributed by atoms with Gasteiger partial charge in [0, 0.05) is 23.2 Å². The summed E-state index contributed by atoms with van der Waals surface area (Å²) in [5, 5.41) is 1.38. The molecule has 0 fully saturated rings. The molecule has 0 atom stereocenters. The fraction of sp³-hybridized carbons (Fsp3) is 0.263. The largest absolute Gasteiger partial charge is 0.497 e. The molecular weight excluding hydrogens is 372 g/mol. The van der Waals surface area contributed by atoms with Gasteiger partial charge in [-0.3, -0.25) is 0 Å². The highest BCUT2D eigenvalue weighted by Crippen LogP contribution is 2.30. The first kappa shape index (κ1) is 18.8. The van der Waals surface area contributed by atoms with E-state index in [-0.39, 0.29) is 4.90 Å². The van der Waals surface area contributed by atoms with Gasteiger partial charge in [-0.05, 0) is 68.5 Å². The molecule has 138 valence electrons. The number of methoxy groups -OCH3 is 1. The molecule has 7 heteroatoms. The first-order valence-electron chi connectivity index (χ1n) is 8.17. The third-order valence-electron chi connectivity index (χ3n) is 4.26. The van der Waals surface area contributed by atoms with Crippen LogP contribution in [0.15, 0.2) is 53.6 Å². The zero-order valence-corrected chi connectivity index (χ0v) is 16.5. The molecule has 0 aliphatic heterocycles. The number of aromatic nitrogens is 1. The minimum Gasteiger partial charge on any atom is -0.497 e. The van der Waals surface area contributed by atoms with Crippen LogP contribution >= 0.6 is 11.6 Å². The smallest absolute Gasteiger partial charge is 0.268 e. The third kappa shape index (κ3) is 3.58. The van der Waals surface area contributed by atoms with Gasteiger partial charge in [0.2, 0.25) is 0 Å². The molecule has 0 saturated heterocycles. The van der Waals surface area contributed by atoms with Gasteiger partial charge in [0.25, 0.3) is 10.0 Å². The second-order valence-electron chi connectivity index (χ2n) is 6.35. The first-order valence-corrected chi connectivity index (χ1v) is 9.98. The number of ether oxygens (including phenoxy) is 1. The molecule has 0 radical (unpaired) electrons. The van der Waals surface area contributed by atoms with Crippen LogP contribution in [-0.2, 0) is 16.4 Å². The summed E-state index contributed by atoms with van der Waals surface area (Å²) >= 11 is 5.89. The third-order valence-corrected chi connectivity index (χ3v) is 6.20. The van der Waals surface area contributed by atoms with Crippen LogP contribution in [0, 0.1) is 0 Å². The Morgan fingerprint density at radius 2 is 1.81 bits per heavy atom. The molecule has 3 aromatic rings. The lowest BCUT2D eigenvalue weighted by atomic mass is 10.1. The average Bonchev–Trinajstić information content (AvgIpc) is 2.99. The lowest BCUT2D eigenvalue weighted by Gasteiger charge is -2.08. The molecule has 0 aliphatic carbocycles. The minimum atomic E-state index is -3.72. The van der Waals surface area contributed by atoms with Crippen LogP contribution < -0.4 is 4.74 Å². The van der Waals surface area contributed by atoms with Gasteiger partial charge in [-0.25, -0.2) is 12.4 Å². The minimum absolute atomic E-state index is 0.203. The van der Waals surface area contributed by atoms with Crippen LogP contribution in [0.3, 0.4) is 0 Å². The number of halogens is 1. The second kappa shape index (κ2) is 7.31. The molecule has 26 heavy (non-hydrogen) atoms. The summed E-state index contributed by atoms with van der Waals surface area (Å²) in [5.74, 6) is 0.699. The zero-order chi connectivity index (χ0) is 18.9. The summed E-state index contributed by atoms with van der Waals surface area (Å²) in [5.41, 5.74) is 1.60. The summed E-state index contributed by atoms with van der Waals surface area (Å²) in [7, 11) is 1.86. The van der Waals surface area contributed by atoms with Gasteiger partial charge in [0.15, 0.2) is 0 Å². The van der Waals surface area contributed by atoms with Crippen molar-refractivity contribution in [2.75, 3.05) is 27.7 Å². The SMILES string of the molecule is COc1ccc2c(c1)c(CCN(C)C)cn2S(=O)(=O)c1ccc(Cl)cc1. The predicted molar refractivity (Wildman–Crippen MR) is 105 cm³/mol. The van der Waals surface area contributed by atoms with E-state index < -0.39 is 10.0 Å². The Labute approximate surface area is 158 Å². The van der Waals surface area contributed by atoms with Crippen LogP contribution in [0.5, 0.6) is 5.75 Å². The van der Waals surface area contributed by atoms with Crippen molar-refractivity contribution in [1.82, 2.24) is 8.87 Å². The Kier molecular flexibility index (Phi) is 5.27. The molecule has 0 N–H and O–H groups in total. The lowest BCUT2D eigenvalue weighted by Crippen LogP contribution is -2.15.